The summed E-state index contributed by atoms with van der Waals surface area (Å²) in [4.78, 5) is 7.27. The molecule has 0 aliphatic carbocycles. The Labute approximate surface area is 201 Å². The van der Waals surface area contributed by atoms with Gasteiger partial charge in [0, 0.05) is 36.5 Å². The molecule has 1 aromatic heterocycles. The molecule has 0 bridgehead atoms. The highest BCUT2D eigenvalue weighted by atomic mass is 16.5. The number of likely N-dealkylation sites (tertiary alicyclic amines) is 1. The SMILES string of the molecule is COc1nc2ccccc2cc1C(c1ccccc1)C1(O)CCN(CCc2ccccc2)CC1. The maximum absolute atomic E-state index is 12.1. The second kappa shape index (κ2) is 9.96. The molecule has 1 saturated heterocycles. The molecule has 3 aromatic carbocycles. The van der Waals surface area contributed by atoms with Crippen LogP contribution in [0.15, 0.2) is 91.0 Å². The lowest BCUT2D eigenvalue weighted by Gasteiger charge is -2.43. The molecule has 1 atom stereocenters. The molecule has 2 heterocycles. The molecule has 4 aromatic rings. The zero-order chi connectivity index (χ0) is 23.4. The van der Waals surface area contributed by atoms with Crippen LogP contribution in [0, 0.1) is 0 Å². The lowest BCUT2D eigenvalue weighted by atomic mass is 9.72. The quantitative estimate of drug-likeness (QED) is 0.405. The van der Waals surface area contributed by atoms with Gasteiger partial charge in [0.15, 0.2) is 0 Å². The number of aromatic nitrogens is 1. The number of hydrogen-bond acceptors (Lipinski definition) is 4. The normalized spacial score (nSPS) is 16.9. The van der Waals surface area contributed by atoms with Gasteiger partial charge in [-0.2, -0.15) is 0 Å². The number of nitrogens with zero attached hydrogens (tertiary/aromatic N) is 2. The third kappa shape index (κ3) is 4.70. The van der Waals surface area contributed by atoms with Crippen molar-refractivity contribution in [1.29, 1.82) is 0 Å². The number of pyridine rings is 1. The second-order valence-electron chi connectivity index (χ2n) is 9.30. The molecule has 0 radical (unpaired) electrons. The van der Waals surface area contributed by atoms with Crippen LogP contribution >= 0.6 is 0 Å². The van der Waals surface area contributed by atoms with Crippen LogP contribution in [-0.4, -0.2) is 47.3 Å². The van der Waals surface area contributed by atoms with Crippen molar-refractivity contribution in [3.8, 4) is 5.88 Å². The topological polar surface area (TPSA) is 45.6 Å². The van der Waals surface area contributed by atoms with Crippen LogP contribution in [-0.2, 0) is 6.42 Å². The molecule has 174 valence electrons. The summed E-state index contributed by atoms with van der Waals surface area (Å²) in [5.74, 6) is 0.379. The van der Waals surface area contributed by atoms with E-state index in [1.165, 1.54) is 5.56 Å². The van der Waals surface area contributed by atoms with E-state index >= 15 is 0 Å². The van der Waals surface area contributed by atoms with Gasteiger partial charge in [0.2, 0.25) is 5.88 Å². The van der Waals surface area contributed by atoms with Crippen LogP contribution in [0.1, 0.15) is 35.4 Å². The number of methoxy groups -OCH3 is 1. The first-order chi connectivity index (χ1) is 16.7. The second-order valence-corrected chi connectivity index (χ2v) is 9.30. The van der Waals surface area contributed by atoms with Crippen molar-refractivity contribution in [1.82, 2.24) is 9.88 Å². The summed E-state index contributed by atoms with van der Waals surface area (Å²) in [7, 11) is 1.67. The van der Waals surface area contributed by atoms with Crippen LogP contribution < -0.4 is 4.74 Å². The van der Waals surface area contributed by atoms with Crippen LogP contribution in [0.2, 0.25) is 0 Å². The average Bonchev–Trinajstić information content (AvgIpc) is 2.89. The maximum atomic E-state index is 12.1. The van der Waals surface area contributed by atoms with E-state index < -0.39 is 5.60 Å². The Balaban J connectivity index is 1.44. The fourth-order valence-electron chi connectivity index (χ4n) is 5.29. The highest BCUT2D eigenvalue weighted by Crippen LogP contribution is 2.44. The van der Waals surface area contributed by atoms with Crippen LogP contribution in [0.5, 0.6) is 5.88 Å². The molecule has 4 nitrogen and oxygen atoms in total. The molecular weight excluding hydrogens is 420 g/mol. The molecule has 1 N–H and O–H groups in total. The van der Waals surface area contributed by atoms with E-state index in [2.05, 4.69) is 59.5 Å². The zero-order valence-electron chi connectivity index (χ0n) is 19.7. The van der Waals surface area contributed by atoms with Gasteiger partial charge in [-0.3, -0.25) is 0 Å². The van der Waals surface area contributed by atoms with Crippen molar-refractivity contribution in [2.24, 2.45) is 0 Å². The van der Waals surface area contributed by atoms with Gasteiger partial charge in [-0.15, -0.1) is 0 Å². The van der Waals surface area contributed by atoms with Gasteiger partial charge in [-0.1, -0.05) is 78.9 Å². The third-order valence-corrected chi connectivity index (χ3v) is 7.17. The minimum atomic E-state index is -0.873. The van der Waals surface area contributed by atoms with Gasteiger partial charge >= 0.3 is 0 Å². The smallest absolute Gasteiger partial charge is 0.217 e. The highest BCUT2D eigenvalue weighted by molar-refractivity contribution is 5.80. The first-order valence-electron chi connectivity index (χ1n) is 12.1. The molecular formula is C30H32N2O2. The van der Waals surface area contributed by atoms with Crippen molar-refractivity contribution in [2.45, 2.75) is 30.8 Å². The maximum Gasteiger partial charge on any atom is 0.217 e. The van der Waals surface area contributed by atoms with E-state index in [1.807, 2.05) is 36.4 Å². The summed E-state index contributed by atoms with van der Waals surface area (Å²) in [6.07, 6.45) is 2.44. The number of rotatable bonds is 7. The van der Waals surface area contributed by atoms with E-state index in [9.17, 15) is 5.11 Å². The third-order valence-electron chi connectivity index (χ3n) is 7.17. The van der Waals surface area contributed by atoms with Crippen LogP contribution in [0.25, 0.3) is 10.9 Å². The summed E-state index contributed by atoms with van der Waals surface area (Å²) in [5.41, 5.74) is 3.43. The Morgan fingerprint density at radius 1 is 0.912 bits per heavy atom. The van der Waals surface area contributed by atoms with Gasteiger partial charge in [-0.05, 0) is 42.5 Å². The number of benzene rings is 3. The summed E-state index contributed by atoms with van der Waals surface area (Å²) < 4.78 is 5.77. The number of hydrogen-bond donors (Lipinski definition) is 1. The molecule has 1 fully saturated rings. The van der Waals surface area contributed by atoms with E-state index in [0.29, 0.717) is 18.7 Å². The van der Waals surface area contributed by atoms with E-state index in [1.54, 1.807) is 7.11 Å². The molecule has 34 heavy (non-hydrogen) atoms. The molecule has 1 unspecified atom stereocenters. The largest absolute Gasteiger partial charge is 0.481 e. The van der Waals surface area contributed by atoms with E-state index in [0.717, 1.165) is 48.1 Å². The molecule has 5 rings (SSSR count). The van der Waals surface area contributed by atoms with Gasteiger partial charge in [0.05, 0.1) is 18.2 Å². The monoisotopic (exact) mass is 452 g/mol. The summed E-state index contributed by atoms with van der Waals surface area (Å²) in [6, 6.07) is 31.2. The van der Waals surface area contributed by atoms with Crippen molar-refractivity contribution in [2.75, 3.05) is 26.7 Å². The fraction of sp³-hybridized carbons (Fsp3) is 0.300. The van der Waals surface area contributed by atoms with E-state index in [4.69, 9.17) is 9.72 Å². The fourth-order valence-corrected chi connectivity index (χ4v) is 5.29. The summed E-state index contributed by atoms with van der Waals surface area (Å²) >= 11 is 0. The van der Waals surface area contributed by atoms with Crippen molar-refractivity contribution in [3.05, 3.63) is 108 Å². The standard InChI is InChI=1S/C30H32N2O2/c1-34-29-26(22-25-14-8-9-15-27(25)31-29)28(24-12-6-3-7-13-24)30(33)17-20-32(21-18-30)19-16-23-10-4-2-5-11-23/h2-15,22,28,33H,16-21H2,1H3. The minimum Gasteiger partial charge on any atom is -0.481 e. The zero-order valence-corrected chi connectivity index (χ0v) is 19.7. The molecule has 1 aliphatic heterocycles. The molecule has 0 spiro atoms. The summed E-state index contributed by atoms with van der Waals surface area (Å²) in [5, 5.41) is 13.2. The van der Waals surface area contributed by atoms with E-state index in [-0.39, 0.29) is 5.92 Å². The molecule has 4 heteroatoms. The van der Waals surface area contributed by atoms with Gasteiger partial charge in [0.1, 0.15) is 0 Å². The Hall–Kier alpha value is -3.21. The lowest BCUT2D eigenvalue weighted by molar-refractivity contribution is -0.0340. The predicted molar refractivity (Wildman–Crippen MR) is 137 cm³/mol. The predicted octanol–water partition coefficient (Wildman–Crippen LogP) is 5.44. The van der Waals surface area contributed by atoms with Crippen LogP contribution in [0.4, 0.5) is 0 Å². The van der Waals surface area contributed by atoms with Crippen molar-refractivity contribution < 1.29 is 9.84 Å². The number of fused-ring (bicyclic) bond motifs is 1. The number of ether oxygens (including phenoxy) is 1. The van der Waals surface area contributed by atoms with Gasteiger partial charge in [0.25, 0.3) is 0 Å². The van der Waals surface area contributed by atoms with Crippen molar-refractivity contribution in [3.63, 3.8) is 0 Å². The average molecular weight is 453 g/mol. The highest BCUT2D eigenvalue weighted by Gasteiger charge is 2.43. The van der Waals surface area contributed by atoms with Crippen LogP contribution in [0.3, 0.4) is 0 Å². The Kier molecular flexibility index (Phi) is 6.61. The number of para-hydroxylation sites is 1. The first-order valence-corrected chi connectivity index (χ1v) is 12.1. The molecule has 1 aliphatic rings. The van der Waals surface area contributed by atoms with Crippen molar-refractivity contribution >= 4 is 10.9 Å². The minimum absolute atomic E-state index is 0.211. The van der Waals surface area contributed by atoms with Gasteiger partial charge in [-0.25, -0.2) is 4.98 Å². The molecule has 0 amide bonds. The molecule has 0 saturated carbocycles. The van der Waals surface area contributed by atoms with Gasteiger partial charge < -0.3 is 14.7 Å². The summed E-state index contributed by atoms with van der Waals surface area (Å²) in [6.45, 7) is 2.75. The Morgan fingerprint density at radius 2 is 1.56 bits per heavy atom. The number of aliphatic hydroxyl groups is 1. The first kappa shape index (κ1) is 22.6. The lowest BCUT2D eigenvalue weighted by Crippen LogP contribution is -2.48. The number of piperidine rings is 1. The Bertz CT molecular complexity index is 1220. The Morgan fingerprint density at radius 3 is 2.26 bits per heavy atom.